The van der Waals surface area contributed by atoms with Crippen molar-refractivity contribution in [3.63, 3.8) is 0 Å². The lowest BCUT2D eigenvalue weighted by Crippen LogP contribution is -2.14. The third-order valence-electron chi connectivity index (χ3n) is 2.41. The van der Waals surface area contributed by atoms with Gasteiger partial charge in [0.15, 0.2) is 0 Å². The Kier molecular flexibility index (Phi) is 9.23. The summed E-state index contributed by atoms with van der Waals surface area (Å²) in [5, 5.41) is -0.173. The summed E-state index contributed by atoms with van der Waals surface area (Å²) in [5.74, 6) is 0. The number of nitrogens with zero attached hydrogens (tertiary/aromatic N) is 6. The monoisotopic (exact) mass is 444 g/mol. The van der Waals surface area contributed by atoms with Gasteiger partial charge in [-0.15, -0.1) is 0 Å². The Morgan fingerprint density at radius 1 is 0.462 bits per heavy atom. The fourth-order valence-electron chi connectivity index (χ4n) is 1.45. The van der Waals surface area contributed by atoms with Gasteiger partial charge in [0.05, 0.1) is 26.4 Å². The highest BCUT2D eigenvalue weighted by Gasteiger charge is 2.05. The summed E-state index contributed by atoms with van der Waals surface area (Å²) in [6.07, 6.45) is 0. The molecule has 10 nitrogen and oxygen atoms in total. The van der Waals surface area contributed by atoms with Crippen LogP contribution in [0.2, 0.25) is 21.1 Å². The maximum absolute atomic E-state index is 5.62. The molecule has 0 spiro atoms. The fourth-order valence-corrected chi connectivity index (χ4v) is 2.15. The van der Waals surface area contributed by atoms with Gasteiger partial charge in [-0.3, -0.25) is 0 Å². The number of aromatic nitrogens is 6. The second-order valence-electron chi connectivity index (χ2n) is 4.23. The average Bonchev–Trinajstić information content (AvgIpc) is 2.55. The van der Waals surface area contributed by atoms with Gasteiger partial charge < -0.3 is 18.9 Å². The lowest BCUT2D eigenvalue weighted by Gasteiger charge is -2.07. The number of hydrogen-bond donors (Lipinski definition) is 0. The smallest absolute Gasteiger partial charge is 0.322 e. The van der Waals surface area contributed by atoms with E-state index >= 15 is 0 Å². The second kappa shape index (κ2) is 11.4. The molecule has 0 saturated carbocycles. The fraction of sp³-hybridized carbons (Fsp3) is 0.500. The molecule has 0 amide bonds. The topological polar surface area (TPSA) is 114 Å². The summed E-state index contributed by atoms with van der Waals surface area (Å²) < 4.78 is 21.1. The van der Waals surface area contributed by atoms with Crippen molar-refractivity contribution < 1.29 is 18.9 Å². The molecule has 2 aromatic heterocycles. The van der Waals surface area contributed by atoms with Crippen LogP contribution >= 0.6 is 46.4 Å². The molecule has 0 N–H and O–H groups in total. The first-order valence-corrected chi connectivity index (χ1v) is 8.59. The van der Waals surface area contributed by atoms with E-state index in [1.165, 1.54) is 0 Å². The molecule has 0 aromatic carbocycles. The van der Waals surface area contributed by atoms with E-state index in [0.717, 1.165) is 0 Å². The van der Waals surface area contributed by atoms with Gasteiger partial charge >= 0.3 is 12.0 Å². The van der Waals surface area contributed by atoms with Gasteiger partial charge in [-0.25, -0.2) is 0 Å². The van der Waals surface area contributed by atoms with Crippen LogP contribution in [-0.4, -0.2) is 69.5 Å². The van der Waals surface area contributed by atoms with Crippen molar-refractivity contribution in [2.24, 2.45) is 0 Å². The zero-order valence-corrected chi connectivity index (χ0v) is 16.1. The number of halogens is 4. The van der Waals surface area contributed by atoms with Crippen LogP contribution in [0.1, 0.15) is 0 Å². The molecule has 0 fully saturated rings. The van der Waals surface area contributed by atoms with Crippen LogP contribution in [-0.2, 0) is 9.47 Å². The Morgan fingerprint density at radius 2 is 0.769 bits per heavy atom. The zero-order valence-electron chi connectivity index (χ0n) is 13.1. The van der Waals surface area contributed by atoms with Gasteiger partial charge in [-0.1, -0.05) is 0 Å². The molecule has 0 radical (unpaired) electrons. The first kappa shape index (κ1) is 21.0. The largest absolute Gasteiger partial charge is 0.461 e. The summed E-state index contributed by atoms with van der Waals surface area (Å²) >= 11 is 22.5. The van der Waals surface area contributed by atoms with Gasteiger partial charge in [0.1, 0.15) is 13.2 Å². The molecule has 0 unspecified atom stereocenters. The summed E-state index contributed by atoms with van der Waals surface area (Å²) in [6, 6.07) is 0.0658. The molecule has 0 bridgehead atoms. The molecule has 2 heterocycles. The molecular weight excluding hydrogens is 434 g/mol. The van der Waals surface area contributed by atoms with Gasteiger partial charge in [-0.2, -0.15) is 29.9 Å². The van der Waals surface area contributed by atoms with E-state index in [2.05, 4.69) is 29.9 Å². The molecule has 2 rings (SSSR count). The van der Waals surface area contributed by atoms with Gasteiger partial charge in [-0.05, 0) is 46.4 Å². The Morgan fingerprint density at radius 3 is 1.12 bits per heavy atom. The van der Waals surface area contributed by atoms with Crippen LogP contribution in [0.15, 0.2) is 0 Å². The zero-order chi connectivity index (χ0) is 18.8. The van der Waals surface area contributed by atoms with E-state index in [9.17, 15) is 0 Å². The molecule has 142 valence electrons. The van der Waals surface area contributed by atoms with E-state index in [1.807, 2.05) is 0 Å². The molecule has 0 aliphatic carbocycles. The normalized spacial score (nSPS) is 10.8. The average molecular weight is 446 g/mol. The van der Waals surface area contributed by atoms with Gasteiger partial charge in [0.2, 0.25) is 21.1 Å². The first-order chi connectivity index (χ1) is 12.5. The third kappa shape index (κ3) is 8.39. The highest BCUT2D eigenvalue weighted by molar-refractivity contribution is 6.31. The minimum Gasteiger partial charge on any atom is -0.461 e. The van der Waals surface area contributed by atoms with Gasteiger partial charge in [0.25, 0.3) is 0 Å². The number of ether oxygens (including phenoxy) is 4. The molecule has 0 saturated heterocycles. The number of rotatable bonds is 11. The molecule has 2 aromatic rings. The van der Waals surface area contributed by atoms with E-state index in [4.69, 9.17) is 65.4 Å². The minimum absolute atomic E-state index is 0.0329. The van der Waals surface area contributed by atoms with Crippen LogP contribution in [0.4, 0.5) is 0 Å². The van der Waals surface area contributed by atoms with E-state index in [0.29, 0.717) is 26.4 Å². The van der Waals surface area contributed by atoms with Crippen molar-refractivity contribution in [3.8, 4) is 12.0 Å². The summed E-state index contributed by atoms with van der Waals surface area (Å²) in [5.41, 5.74) is 0. The molecule has 0 aliphatic rings. The van der Waals surface area contributed by atoms with E-state index in [-0.39, 0.29) is 46.4 Å². The van der Waals surface area contributed by atoms with Crippen LogP contribution in [0.5, 0.6) is 12.0 Å². The standard InChI is InChI=1S/C12H12Cl4N6O4/c13-7-17-8(14)20-11(19-7)25-5-3-23-1-2-24-4-6-26-12-21-9(15)18-10(16)22-12/h1-6H2. The van der Waals surface area contributed by atoms with Crippen LogP contribution < -0.4 is 9.47 Å². The van der Waals surface area contributed by atoms with Crippen LogP contribution in [0.25, 0.3) is 0 Å². The Balaban J connectivity index is 1.47. The molecule has 26 heavy (non-hydrogen) atoms. The predicted octanol–water partition coefficient (Wildman–Crippen LogP) is 2.16. The van der Waals surface area contributed by atoms with Crippen molar-refractivity contribution in [3.05, 3.63) is 21.1 Å². The minimum atomic E-state index is -0.0433. The first-order valence-electron chi connectivity index (χ1n) is 7.08. The quantitative estimate of drug-likeness (QED) is 0.476. The van der Waals surface area contributed by atoms with Crippen molar-refractivity contribution in [1.82, 2.24) is 29.9 Å². The van der Waals surface area contributed by atoms with Crippen molar-refractivity contribution in [2.75, 3.05) is 39.6 Å². The molecule has 0 atom stereocenters. The summed E-state index contributed by atoms with van der Waals surface area (Å²) in [6.45, 7) is 1.80. The third-order valence-corrected chi connectivity index (χ3v) is 3.09. The van der Waals surface area contributed by atoms with Crippen molar-refractivity contribution in [1.29, 1.82) is 0 Å². The van der Waals surface area contributed by atoms with E-state index in [1.54, 1.807) is 0 Å². The maximum atomic E-state index is 5.62. The van der Waals surface area contributed by atoms with Crippen LogP contribution in [0, 0.1) is 0 Å². The SMILES string of the molecule is Clc1nc(Cl)nc(OCCOCCOCCOc2nc(Cl)nc(Cl)n2)n1. The molecule has 14 heteroatoms. The summed E-state index contributed by atoms with van der Waals surface area (Å²) in [4.78, 5) is 22.2. The van der Waals surface area contributed by atoms with Crippen molar-refractivity contribution >= 4 is 46.4 Å². The predicted molar refractivity (Wildman–Crippen MR) is 92.3 cm³/mol. The Labute approximate surface area is 168 Å². The molecule has 0 aliphatic heterocycles. The number of hydrogen-bond acceptors (Lipinski definition) is 10. The van der Waals surface area contributed by atoms with Crippen LogP contribution in [0.3, 0.4) is 0 Å². The molecular formula is C12H12Cl4N6O4. The Hall–Kier alpha value is -1.30. The lowest BCUT2D eigenvalue weighted by molar-refractivity contribution is 0.0256. The highest BCUT2D eigenvalue weighted by Crippen LogP contribution is 2.11. The lowest BCUT2D eigenvalue weighted by atomic mass is 10.7. The second-order valence-corrected chi connectivity index (χ2v) is 5.59. The van der Waals surface area contributed by atoms with Crippen molar-refractivity contribution in [2.45, 2.75) is 0 Å². The van der Waals surface area contributed by atoms with Gasteiger partial charge in [0, 0.05) is 0 Å². The van der Waals surface area contributed by atoms with E-state index < -0.39 is 0 Å². The highest BCUT2D eigenvalue weighted by atomic mass is 35.5. The summed E-state index contributed by atoms with van der Waals surface area (Å²) in [7, 11) is 0. The Bertz CT molecular complexity index is 613. The maximum Gasteiger partial charge on any atom is 0.322 e.